The van der Waals surface area contributed by atoms with Crippen LogP contribution in [0.2, 0.25) is 0 Å². The van der Waals surface area contributed by atoms with Gasteiger partial charge < -0.3 is 43.7 Å². The molecule has 7 aromatic carbocycles. The van der Waals surface area contributed by atoms with Gasteiger partial charge in [-0.2, -0.15) is 0 Å². The second-order valence-electron chi connectivity index (χ2n) is 22.2. The number of nitrogens with zero attached hydrogens (tertiary/aromatic N) is 3. The summed E-state index contributed by atoms with van der Waals surface area (Å²) >= 11 is 0. The Labute approximate surface area is 503 Å². The lowest BCUT2D eigenvalue weighted by molar-refractivity contribution is -0.905. The topological polar surface area (TPSA) is 202 Å². The van der Waals surface area contributed by atoms with Crippen molar-refractivity contribution in [2.45, 2.75) is 66.1 Å². The highest BCUT2D eigenvalue weighted by Crippen LogP contribution is 2.49. The quantitative estimate of drug-likeness (QED) is 0.00895. The highest BCUT2D eigenvalue weighted by Gasteiger charge is 2.60. The maximum absolute atomic E-state index is 16.6. The van der Waals surface area contributed by atoms with E-state index in [0.717, 1.165) is 34.4 Å². The molecule has 0 aromatic heterocycles. The summed E-state index contributed by atoms with van der Waals surface area (Å²) in [6.07, 6.45) is 0.616. The van der Waals surface area contributed by atoms with Gasteiger partial charge in [0.1, 0.15) is 38.7 Å². The average molecular weight is 1190 g/mol. The summed E-state index contributed by atoms with van der Waals surface area (Å²) in [6.45, 7) is 6.87. The summed E-state index contributed by atoms with van der Waals surface area (Å²) < 4.78 is 62.9. The zero-order valence-electron chi connectivity index (χ0n) is 48.7. The fourth-order valence-electron chi connectivity index (χ4n) is 11.0. The Hall–Kier alpha value is -9.75. The zero-order chi connectivity index (χ0) is 61.6. The van der Waals surface area contributed by atoms with Gasteiger partial charge in [0.2, 0.25) is 5.91 Å². The van der Waals surface area contributed by atoms with Gasteiger partial charge >= 0.3 is 11.9 Å². The van der Waals surface area contributed by atoms with Crippen LogP contribution < -0.4 is 29.6 Å². The number of carbonyl (C=O) groups is 5. The van der Waals surface area contributed by atoms with Gasteiger partial charge in [-0.25, -0.2) is 18.4 Å². The normalized spacial score (nSPS) is 15.3. The molecule has 0 saturated carbocycles. The smallest absolute Gasteiger partial charge is 0.363 e. The molecule has 1 fully saturated rings. The van der Waals surface area contributed by atoms with E-state index in [0.29, 0.717) is 31.5 Å². The van der Waals surface area contributed by atoms with E-state index in [1.54, 1.807) is 0 Å². The molecule has 87 heavy (non-hydrogen) atoms. The number of hydrogen-bond acceptors (Lipinski definition) is 12. The minimum Gasteiger partial charge on any atom is -0.485 e. The lowest BCUT2D eigenvalue weighted by atomic mass is 9.74. The molecule has 19 heteroatoms. The molecule has 0 aliphatic carbocycles. The molecular formula is C68H68F2N5O12+. The van der Waals surface area contributed by atoms with Gasteiger partial charge in [0.05, 0.1) is 53.7 Å². The number of nitrogens with one attached hydrogen (secondary N) is 2. The number of likely N-dealkylation sites (N-methyl/N-ethyl adjacent to an activating group) is 1. The second kappa shape index (κ2) is 28.4. The number of amides is 3. The molecule has 0 radical (unpaired) electrons. The number of quaternary nitrogens is 1. The van der Waals surface area contributed by atoms with E-state index in [1.165, 1.54) is 41.3 Å². The van der Waals surface area contributed by atoms with Gasteiger partial charge in [-0.05, 0) is 64.6 Å². The fraction of sp³-hybridized carbons (Fsp3) is 0.279. The van der Waals surface area contributed by atoms with Crippen LogP contribution in [0.5, 0.6) is 23.0 Å². The highest BCUT2D eigenvalue weighted by atomic mass is 19.1. The molecular weight excluding hydrogens is 1120 g/mol. The fourth-order valence-corrected chi connectivity index (χ4v) is 11.0. The van der Waals surface area contributed by atoms with Gasteiger partial charge in [-0.1, -0.05) is 142 Å². The van der Waals surface area contributed by atoms with E-state index >= 15 is 8.78 Å². The molecule has 0 spiro atoms. The van der Waals surface area contributed by atoms with Crippen molar-refractivity contribution in [1.29, 1.82) is 0 Å². The number of rotatable bonds is 28. The minimum absolute atomic E-state index is 0.000151. The molecule has 17 nitrogen and oxygen atoms in total. The number of halogens is 2. The number of fused-ring (bicyclic) bond motifs is 1. The summed E-state index contributed by atoms with van der Waals surface area (Å²) in [5.74, 6) is -6.87. The lowest BCUT2D eigenvalue weighted by Gasteiger charge is -2.47. The molecule has 2 aliphatic heterocycles. The summed E-state index contributed by atoms with van der Waals surface area (Å²) in [5.41, 5.74) is 2.74. The number of carbonyl (C=O) groups excluding carboxylic acids is 5. The Bertz CT molecular complexity index is 3470. The molecule has 1 saturated heterocycles. The van der Waals surface area contributed by atoms with Crippen molar-refractivity contribution >= 4 is 35.3 Å². The van der Waals surface area contributed by atoms with E-state index in [4.69, 9.17) is 23.7 Å². The van der Waals surface area contributed by atoms with Crippen molar-refractivity contribution in [3.63, 3.8) is 0 Å². The summed E-state index contributed by atoms with van der Waals surface area (Å²) in [5, 5.41) is 17.0. The molecule has 7 aromatic rings. The Morgan fingerprint density at radius 3 is 1.41 bits per heavy atom. The van der Waals surface area contributed by atoms with Gasteiger partial charge in [-0.15, -0.1) is 0 Å². The summed E-state index contributed by atoms with van der Waals surface area (Å²) in [7, 11) is 1.92. The first-order valence-corrected chi connectivity index (χ1v) is 28.8. The van der Waals surface area contributed by atoms with Gasteiger partial charge in [0, 0.05) is 49.6 Å². The predicted octanol–water partition coefficient (Wildman–Crippen LogP) is 11.3. The Balaban J connectivity index is 0.945. The predicted molar refractivity (Wildman–Crippen MR) is 319 cm³/mol. The van der Waals surface area contributed by atoms with E-state index in [2.05, 4.69) is 10.6 Å². The molecule has 0 unspecified atom stereocenters. The highest BCUT2D eigenvalue weighted by molar-refractivity contribution is 6.06. The van der Waals surface area contributed by atoms with E-state index < -0.39 is 58.2 Å². The van der Waals surface area contributed by atoms with Crippen LogP contribution in [0.4, 0.5) is 14.5 Å². The number of nitro groups is 1. The SMILES string of the molecule is CC(C)[C@H]1C(=O)N2C(C(=O)OC(=O)c3ccc([N+](=O)[O-])cc3)=C(C[N+](C)(CCCNC(=O)c3ccc(OCc4ccccc4)c(OCc4ccccc4)c3F)CCCNC(=O)c3ccc(OCc4ccccc4)c(OCc4ccccc4)c3F)[C@H](C)[C@H]12. The van der Waals surface area contributed by atoms with Crippen molar-refractivity contribution in [1.82, 2.24) is 15.5 Å². The van der Waals surface area contributed by atoms with E-state index in [-0.39, 0.29) is 113 Å². The maximum Gasteiger partial charge on any atom is 0.363 e. The Morgan fingerprint density at radius 2 is 1.01 bits per heavy atom. The number of benzene rings is 7. The molecule has 3 amide bonds. The summed E-state index contributed by atoms with van der Waals surface area (Å²) in [6, 6.07) is 46.8. The van der Waals surface area contributed by atoms with Gasteiger partial charge in [-0.3, -0.25) is 24.5 Å². The van der Waals surface area contributed by atoms with Crippen LogP contribution in [0.25, 0.3) is 0 Å². The van der Waals surface area contributed by atoms with E-state index in [1.807, 2.05) is 149 Å². The number of non-ortho nitro benzene ring substituents is 1. The van der Waals surface area contributed by atoms with Crippen LogP contribution in [0.1, 0.15) is 86.9 Å². The third kappa shape index (κ3) is 15.0. The monoisotopic (exact) mass is 1180 g/mol. The van der Waals surface area contributed by atoms with Gasteiger partial charge in [0.25, 0.3) is 17.5 Å². The molecule has 2 heterocycles. The molecule has 450 valence electrons. The summed E-state index contributed by atoms with van der Waals surface area (Å²) in [4.78, 5) is 81.8. The largest absolute Gasteiger partial charge is 0.485 e. The molecule has 2 N–H and O–H groups in total. The zero-order valence-corrected chi connectivity index (χ0v) is 48.7. The van der Waals surface area contributed by atoms with E-state index in [9.17, 15) is 34.1 Å². The van der Waals surface area contributed by atoms with Crippen molar-refractivity contribution < 1.29 is 65.8 Å². The van der Waals surface area contributed by atoms with Crippen molar-refractivity contribution in [3.8, 4) is 23.0 Å². The van der Waals surface area contributed by atoms with Crippen LogP contribution in [0.3, 0.4) is 0 Å². The van der Waals surface area contributed by atoms with Crippen LogP contribution in [-0.4, -0.2) is 89.8 Å². The average Bonchev–Trinajstić information content (AvgIpc) is 1.58. The van der Waals surface area contributed by atoms with Crippen LogP contribution in [0.15, 0.2) is 181 Å². The second-order valence-corrected chi connectivity index (χ2v) is 22.2. The molecule has 0 bridgehead atoms. The number of hydrogen-bond donors (Lipinski definition) is 2. The number of esters is 2. The third-order valence-corrected chi connectivity index (χ3v) is 15.6. The van der Waals surface area contributed by atoms with Gasteiger partial charge in [0.15, 0.2) is 34.6 Å². The van der Waals surface area contributed by atoms with Crippen LogP contribution in [0, 0.1) is 39.5 Å². The van der Waals surface area contributed by atoms with Crippen LogP contribution >= 0.6 is 0 Å². The molecule has 2 aliphatic rings. The first kappa shape index (κ1) is 61.8. The number of nitro benzene ring substituents is 1. The maximum atomic E-state index is 16.6. The lowest BCUT2D eigenvalue weighted by Crippen LogP contribution is -2.62. The molecule has 3 atom stereocenters. The number of β-lactam (4-membered cyclic amide) rings is 1. The standard InChI is InChI=1S/C68H67F2N5O12/c1-44(2)57-60-45(3)54(61(73(60)66(57)78)68(80)87-67(79)50-27-29-51(30-28-50)74(81)82)39-75(4,37-17-35-71-64(76)52-31-33-55(83-40-46-19-9-5-10-20-46)62(58(52)69)85-42-48-23-13-7-14-24-48)38-18-36-72-65(77)53-32-34-56(84-41-47-21-11-6-12-22-47)63(59(53)70)86-43-49-25-15-8-16-26-49/h5-16,19-34,44-45,57,60H,17-18,35-43H2,1-4H3,(H-,71,72,76,77)/p+1/t45-,57+,60+/m0/s1. The van der Waals surface area contributed by atoms with Crippen molar-refractivity contribution in [3.05, 3.63) is 242 Å². The first-order valence-electron chi connectivity index (χ1n) is 28.8. The van der Waals surface area contributed by atoms with Crippen molar-refractivity contribution in [2.75, 3.05) is 39.8 Å². The van der Waals surface area contributed by atoms with Crippen LogP contribution in [-0.2, 0) is 40.8 Å². The Kier molecular flexibility index (Phi) is 20.2. The first-order chi connectivity index (χ1) is 42.0. The third-order valence-electron chi connectivity index (χ3n) is 15.6. The Morgan fingerprint density at radius 1 is 0.598 bits per heavy atom. The minimum atomic E-state index is -1.07. The van der Waals surface area contributed by atoms with Crippen molar-refractivity contribution in [2.24, 2.45) is 17.8 Å². The molecule has 9 rings (SSSR count). The number of ether oxygens (including phenoxy) is 5.